The number of ether oxygens (including phenoxy) is 1. The molecule has 2 aromatic rings. The summed E-state index contributed by atoms with van der Waals surface area (Å²) in [6.07, 6.45) is 0. The van der Waals surface area contributed by atoms with Crippen molar-refractivity contribution >= 4 is 29.2 Å². The minimum atomic E-state index is -0.458. The van der Waals surface area contributed by atoms with Crippen molar-refractivity contribution in [2.75, 3.05) is 17.2 Å². The number of anilines is 2. The van der Waals surface area contributed by atoms with Crippen LogP contribution in [0.2, 0.25) is 0 Å². The third-order valence-electron chi connectivity index (χ3n) is 3.58. The van der Waals surface area contributed by atoms with Crippen LogP contribution in [-0.2, 0) is 9.53 Å². The van der Waals surface area contributed by atoms with Crippen LogP contribution in [0.1, 0.15) is 46.0 Å². The number of carbonyl (C=O) groups is 3. The van der Waals surface area contributed by atoms with Crippen LogP contribution in [0.4, 0.5) is 11.4 Å². The molecule has 0 aliphatic heterocycles. The van der Waals surface area contributed by atoms with Crippen molar-refractivity contribution in [3.63, 3.8) is 0 Å². The van der Waals surface area contributed by atoms with Gasteiger partial charge in [0, 0.05) is 24.0 Å². The van der Waals surface area contributed by atoms with E-state index in [1.807, 2.05) is 0 Å². The maximum absolute atomic E-state index is 12.5. The van der Waals surface area contributed by atoms with E-state index in [0.29, 0.717) is 33.9 Å². The monoisotopic (exact) mass is 343 g/mol. The van der Waals surface area contributed by atoms with Gasteiger partial charge in [-0.25, -0.2) is 4.79 Å². The van der Waals surface area contributed by atoms with Crippen LogP contribution < -0.4 is 10.6 Å². The number of benzene rings is 1. The summed E-state index contributed by atoms with van der Waals surface area (Å²) in [6, 6.07) is 6.80. The Kier molecular flexibility index (Phi) is 5.59. The zero-order valence-electron chi connectivity index (χ0n) is 14.6. The van der Waals surface area contributed by atoms with Crippen molar-refractivity contribution in [2.45, 2.75) is 27.7 Å². The quantitative estimate of drug-likeness (QED) is 0.727. The van der Waals surface area contributed by atoms with Crippen LogP contribution >= 0.6 is 0 Å². The van der Waals surface area contributed by atoms with E-state index in [1.165, 1.54) is 6.92 Å². The van der Waals surface area contributed by atoms with Crippen LogP contribution in [0.5, 0.6) is 0 Å². The Balaban J connectivity index is 2.23. The Morgan fingerprint density at radius 3 is 2.36 bits per heavy atom. The number of aryl methyl sites for hydroxylation is 1. The molecule has 0 fully saturated rings. The lowest BCUT2D eigenvalue weighted by atomic mass is 10.1. The molecule has 25 heavy (non-hydrogen) atoms. The van der Waals surface area contributed by atoms with Gasteiger partial charge in [-0.2, -0.15) is 0 Å². The van der Waals surface area contributed by atoms with Crippen molar-refractivity contribution in [1.82, 2.24) is 4.98 Å². The number of aromatic amines is 1. The van der Waals surface area contributed by atoms with Gasteiger partial charge in [0.15, 0.2) is 0 Å². The van der Waals surface area contributed by atoms with Gasteiger partial charge in [-0.1, -0.05) is 6.07 Å². The van der Waals surface area contributed by atoms with Crippen LogP contribution in [0.3, 0.4) is 0 Å². The van der Waals surface area contributed by atoms with E-state index in [1.54, 1.807) is 45.0 Å². The highest BCUT2D eigenvalue weighted by atomic mass is 16.5. The topological polar surface area (TPSA) is 100 Å². The number of aromatic nitrogens is 1. The van der Waals surface area contributed by atoms with Gasteiger partial charge in [0.25, 0.3) is 5.91 Å². The second kappa shape index (κ2) is 7.65. The smallest absolute Gasteiger partial charge is 0.340 e. The number of H-pyrrole nitrogens is 1. The maximum Gasteiger partial charge on any atom is 0.340 e. The van der Waals surface area contributed by atoms with Crippen LogP contribution in [-0.4, -0.2) is 29.4 Å². The first-order valence-electron chi connectivity index (χ1n) is 7.88. The SMILES string of the molecule is CCOC(=O)c1c(C)[nH]c(C(=O)Nc2cccc(NC(C)=O)c2)c1C. The molecule has 0 spiro atoms. The number of esters is 1. The molecular weight excluding hydrogens is 322 g/mol. The highest BCUT2D eigenvalue weighted by Gasteiger charge is 2.22. The van der Waals surface area contributed by atoms with Gasteiger partial charge >= 0.3 is 5.97 Å². The van der Waals surface area contributed by atoms with E-state index < -0.39 is 5.97 Å². The average molecular weight is 343 g/mol. The number of hydrogen-bond acceptors (Lipinski definition) is 4. The van der Waals surface area contributed by atoms with Crippen LogP contribution in [0.25, 0.3) is 0 Å². The summed E-state index contributed by atoms with van der Waals surface area (Å²) in [5.74, 6) is -1.03. The standard InChI is InChI=1S/C18H21N3O4/c1-5-25-18(24)15-10(2)16(19-11(15)3)17(23)21-14-8-6-7-13(9-14)20-12(4)22/h6-9,19H,5H2,1-4H3,(H,20,22)(H,21,23). The fourth-order valence-electron chi connectivity index (χ4n) is 2.56. The zero-order valence-corrected chi connectivity index (χ0v) is 14.6. The van der Waals surface area contributed by atoms with E-state index in [9.17, 15) is 14.4 Å². The molecule has 0 aliphatic rings. The minimum absolute atomic E-state index is 0.196. The molecule has 7 nitrogen and oxygen atoms in total. The predicted molar refractivity (Wildman–Crippen MR) is 94.9 cm³/mol. The lowest BCUT2D eigenvalue weighted by Crippen LogP contribution is -2.14. The Hall–Kier alpha value is -3.09. The maximum atomic E-state index is 12.5. The highest BCUT2D eigenvalue weighted by Crippen LogP contribution is 2.21. The molecule has 1 heterocycles. The summed E-state index contributed by atoms with van der Waals surface area (Å²) in [6.45, 7) is 6.81. The van der Waals surface area contributed by atoms with E-state index in [0.717, 1.165) is 0 Å². The second-order valence-electron chi connectivity index (χ2n) is 5.56. The number of nitrogens with one attached hydrogen (secondary N) is 3. The Morgan fingerprint density at radius 1 is 1.12 bits per heavy atom. The molecule has 3 N–H and O–H groups in total. The van der Waals surface area contributed by atoms with E-state index in [-0.39, 0.29) is 18.4 Å². The molecule has 0 bridgehead atoms. The van der Waals surface area contributed by atoms with Gasteiger partial charge in [0.05, 0.1) is 12.2 Å². The van der Waals surface area contributed by atoms with E-state index in [2.05, 4.69) is 15.6 Å². The van der Waals surface area contributed by atoms with Crippen molar-refractivity contribution in [2.24, 2.45) is 0 Å². The van der Waals surface area contributed by atoms with Crippen molar-refractivity contribution in [3.8, 4) is 0 Å². The first kappa shape index (κ1) is 18.3. The normalized spacial score (nSPS) is 10.2. The van der Waals surface area contributed by atoms with Gasteiger partial charge in [-0.3, -0.25) is 9.59 Å². The fraction of sp³-hybridized carbons (Fsp3) is 0.278. The Labute approximate surface area is 145 Å². The molecule has 0 saturated heterocycles. The molecular formula is C18H21N3O4. The number of amides is 2. The summed E-state index contributed by atoms with van der Waals surface area (Å²) < 4.78 is 5.02. The predicted octanol–water partition coefficient (Wildman–Crippen LogP) is 3.02. The van der Waals surface area contributed by atoms with Gasteiger partial charge < -0.3 is 20.4 Å². The molecule has 2 rings (SSSR count). The first-order valence-corrected chi connectivity index (χ1v) is 7.88. The van der Waals surface area contributed by atoms with Gasteiger partial charge in [0.1, 0.15) is 5.69 Å². The number of hydrogen-bond donors (Lipinski definition) is 3. The Bertz CT molecular complexity index is 824. The average Bonchev–Trinajstić information content (AvgIpc) is 2.82. The number of rotatable bonds is 5. The van der Waals surface area contributed by atoms with Crippen molar-refractivity contribution < 1.29 is 19.1 Å². The molecule has 0 saturated carbocycles. The van der Waals surface area contributed by atoms with Crippen LogP contribution in [0.15, 0.2) is 24.3 Å². The molecule has 1 aromatic heterocycles. The largest absolute Gasteiger partial charge is 0.462 e. The molecule has 0 unspecified atom stereocenters. The summed E-state index contributed by atoms with van der Waals surface area (Å²) in [7, 11) is 0. The summed E-state index contributed by atoms with van der Waals surface area (Å²) in [5.41, 5.74) is 2.89. The number of carbonyl (C=O) groups excluding carboxylic acids is 3. The summed E-state index contributed by atoms with van der Waals surface area (Å²) >= 11 is 0. The van der Waals surface area contributed by atoms with Crippen LogP contribution in [0, 0.1) is 13.8 Å². The minimum Gasteiger partial charge on any atom is -0.462 e. The lowest BCUT2D eigenvalue weighted by Gasteiger charge is -2.08. The van der Waals surface area contributed by atoms with Crippen molar-refractivity contribution in [1.29, 1.82) is 0 Å². The van der Waals surface area contributed by atoms with Crippen molar-refractivity contribution in [3.05, 3.63) is 46.8 Å². The lowest BCUT2D eigenvalue weighted by molar-refractivity contribution is -0.114. The molecule has 1 aromatic carbocycles. The fourth-order valence-corrected chi connectivity index (χ4v) is 2.56. The second-order valence-corrected chi connectivity index (χ2v) is 5.56. The van der Waals surface area contributed by atoms with Gasteiger partial charge in [-0.05, 0) is 44.5 Å². The molecule has 0 atom stereocenters. The zero-order chi connectivity index (χ0) is 18.6. The Morgan fingerprint density at radius 2 is 1.76 bits per heavy atom. The molecule has 132 valence electrons. The van der Waals surface area contributed by atoms with E-state index in [4.69, 9.17) is 4.74 Å². The molecule has 7 heteroatoms. The molecule has 0 aliphatic carbocycles. The first-order chi connectivity index (χ1) is 11.8. The van der Waals surface area contributed by atoms with E-state index >= 15 is 0 Å². The third kappa shape index (κ3) is 4.26. The van der Waals surface area contributed by atoms with Gasteiger partial charge in [0.2, 0.25) is 5.91 Å². The molecule has 0 radical (unpaired) electrons. The highest BCUT2D eigenvalue weighted by molar-refractivity contribution is 6.07. The summed E-state index contributed by atoms with van der Waals surface area (Å²) in [5, 5.41) is 5.40. The molecule has 2 amide bonds. The summed E-state index contributed by atoms with van der Waals surface area (Å²) in [4.78, 5) is 38.6. The third-order valence-corrected chi connectivity index (χ3v) is 3.58. The van der Waals surface area contributed by atoms with Gasteiger partial charge in [-0.15, -0.1) is 0 Å².